The number of carbonyl (C=O) groups is 3. The van der Waals surface area contributed by atoms with Crippen LogP contribution in [-0.2, 0) is 19.1 Å². The quantitative estimate of drug-likeness (QED) is 0.529. The van der Waals surface area contributed by atoms with Crippen molar-refractivity contribution in [1.29, 1.82) is 0 Å². The lowest BCUT2D eigenvalue weighted by molar-refractivity contribution is -0.156. The van der Waals surface area contributed by atoms with Gasteiger partial charge in [0.15, 0.2) is 0 Å². The summed E-state index contributed by atoms with van der Waals surface area (Å²) in [6.07, 6.45) is 1.14. The van der Waals surface area contributed by atoms with Crippen LogP contribution in [0.15, 0.2) is 48.5 Å². The van der Waals surface area contributed by atoms with Gasteiger partial charge >= 0.3 is 12.1 Å². The lowest BCUT2D eigenvalue weighted by Crippen LogP contribution is -2.57. The predicted octanol–water partition coefficient (Wildman–Crippen LogP) is 3.79. The van der Waals surface area contributed by atoms with E-state index in [4.69, 9.17) is 9.47 Å². The number of likely N-dealkylation sites (tertiary alicyclic amines) is 1. The molecule has 2 amide bonds. The molecule has 2 aliphatic rings. The van der Waals surface area contributed by atoms with E-state index in [0.29, 0.717) is 38.8 Å². The fourth-order valence-corrected chi connectivity index (χ4v) is 5.20. The maximum Gasteiger partial charge on any atom is 0.407 e. The lowest BCUT2D eigenvalue weighted by atomic mass is 9.98. The minimum atomic E-state index is -1.28. The van der Waals surface area contributed by atoms with E-state index >= 15 is 0 Å². The lowest BCUT2D eigenvalue weighted by Gasteiger charge is -2.34. The third-order valence-corrected chi connectivity index (χ3v) is 7.14. The summed E-state index contributed by atoms with van der Waals surface area (Å²) >= 11 is 0. The number of rotatable bonds is 9. The van der Waals surface area contributed by atoms with Gasteiger partial charge in [-0.3, -0.25) is 4.79 Å². The molecule has 0 saturated carbocycles. The Morgan fingerprint density at radius 3 is 2.34 bits per heavy atom. The number of alkyl carbamates (subject to hydrolysis) is 1. The Kier molecular flexibility index (Phi) is 7.40. The second-order valence-electron chi connectivity index (χ2n) is 9.33. The standard InChI is InChI=1S/C27H32N2O6/c1-27(25(31)32)14-8-15-29(27)24(30)23(13-7-16-34-2)28-26(33)35-17-22-20-11-5-3-9-18(20)19-10-4-6-12-21(19)22/h3-6,9-12,22-23H,7-8,13-17H2,1-2H3,(H,28,33)(H,31,32)/t23?,27-/m1/s1. The van der Waals surface area contributed by atoms with Gasteiger partial charge < -0.3 is 24.8 Å². The van der Waals surface area contributed by atoms with Gasteiger partial charge in [-0.05, 0) is 54.9 Å². The molecule has 1 heterocycles. The van der Waals surface area contributed by atoms with Crippen LogP contribution in [-0.4, -0.2) is 66.4 Å². The number of ether oxygens (including phenoxy) is 2. The summed E-state index contributed by atoms with van der Waals surface area (Å²) in [6, 6.07) is 15.2. The normalized spacial score (nSPS) is 19.7. The Morgan fingerprint density at radius 2 is 1.74 bits per heavy atom. The van der Waals surface area contributed by atoms with E-state index in [0.717, 1.165) is 22.3 Å². The monoisotopic (exact) mass is 480 g/mol. The summed E-state index contributed by atoms with van der Waals surface area (Å²) in [6.45, 7) is 2.45. The first-order valence-corrected chi connectivity index (χ1v) is 12.0. The van der Waals surface area contributed by atoms with Gasteiger partial charge in [-0.2, -0.15) is 0 Å². The molecule has 35 heavy (non-hydrogen) atoms. The minimum Gasteiger partial charge on any atom is -0.480 e. The molecule has 8 heteroatoms. The molecule has 2 N–H and O–H groups in total. The summed E-state index contributed by atoms with van der Waals surface area (Å²) in [4.78, 5) is 39.4. The van der Waals surface area contributed by atoms with Crippen LogP contribution in [0.2, 0.25) is 0 Å². The van der Waals surface area contributed by atoms with Gasteiger partial charge in [-0.15, -0.1) is 0 Å². The van der Waals surface area contributed by atoms with E-state index in [9.17, 15) is 19.5 Å². The fourth-order valence-electron chi connectivity index (χ4n) is 5.20. The first kappa shape index (κ1) is 24.7. The number of nitrogens with one attached hydrogen (secondary N) is 1. The minimum absolute atomic E-state index is 0.0929. The van der Waals surface area contributed by atoms with Crippen molar-refractivity contribution in [2.45, 2.75) is 50.1 Å². The molecule has 0 radical (unpaired) electrons. The number of amides is 2. The van der Waals surface area contributed by atoms with Crippen LogP contribution in [0.25, 0.3) is 11.1 Å². The largest absolute Gasteiger partial charge is 0.480 e. The zero-order valence-electron chi connectivity index (χ0n) is 20.2. The highest BCUT2D eigenvalue weighted by Gasteiger charge is 2.47. The zero-order valence-corrected chi connectivity index (χ0v) is 20.2. The maximum atomic E-state index is 13.3. The Morgan fingerprint density at radius 1 is 1.11 bits per heavy atom. The van der Waals surface area contributed by atoms with Gasteiger partial charge in [0, 0.05) is 26.2 Å². The van der Waals surface area contributed by atoms with Crippen LogP contribution in [0.5, 0.6) is 0 Å². The van der Waals surface area contributed by atoms with Crippen molar-refractivity contribution < 1.29 is 29.0 Å². The summed E-state index contributed by atoms with van der Waals surface area (Å²) in [7, 11) is 1.57. The third-order valence-electron chi connectivity index (χ3n) is 7.14. The van der Waals surface area contributed by atoms with Crippen LogP contribution >= 0.6 is 0 Å². The van der Waals surface area contributed by atoms with Crippen molar-refractivity contribution in [3.63, 3.8) is 0 Å². The number of carboxylic acid groups (broad SMARTS) is 1. The molecule has 0 bridgehead atoms. The highest BCUT2D eigenvalue weighted by molar-refractivity contribution is 5.91. The van der Waals surface area contributed by atoms with Crippen LogP contribution < -0.4 is 5.32 Å². The van der Waals surface area contributed by atoms with Gasteiger partial charge in [-0.1, -0.05) is 48.5 Å². The summed E-state index contributed by atoms with van der Waals surface area (Å²) in [5.74, 6) is -1.54. The average Bonchev–Trinajstić information content (AvgIpc) is 3.41. The van der Waals surface area contributed by atoms with Crippen molar-refractivity contribution in [3.05, 3.63) is 59.7 Å². The van der Waals surface area contributed by atoms with Crippen LogP contribution in [0, 0.1) is 0 Å². The highest BCUT2D eigenvalue weighted by Crippen LogP contribution is 2.44. The molecule has 8 nitrogen and oxygen atoms in total. The smallest absolute Gasteiger partial charge is 0.407 e. The fraction of sp³-hybridized carbons (Fsp3) is 0.444. The molecular weight excluding hydrogens is 448 g/mol. The Bertz CT molecular complexity index is 1060. The maximum absolute atomic E-state index is 13.3. The molecule has 0 aromatic heterocycles. The molecule has 1 aliphatic heterocycles. The molecule has 4 rings (SSSR count). The molecule has 0 spiro atoms. The number of benzene rings is 2. The SMILES string of the molecule is COCCCC(NC(=O)OCC1c2ccccc2-c2ccccc21)C(=O)N1CCC[C@]1(C)C(=O)O. The second-order valence-corrected chi connectivity index (χ2v) is 9.33. The first-order valence-electron chi connectivity index (χ1n) is 12.0. The number of carbonyl (C=O) groups excluding carboxylic acids is 2. The molecule has 1 unspecified atom stereocenters. The predicted molar refractivity (Wildman–Crippen MR) is 130 cm³/mol. The number of nitrogens with zero attached hydrogens (tertiary/aromatic N) is 1. The molecule has 186 valence electrons. The van der Waals surface area contributed by atoms with E-state index in [1.807, 2.05) is 36.4 Å². The summed E-state index contributed by atoms with van der Waals surface area (Å²) in [5.41, 5.74) is 3.19. The third kappa shape index (κ3) is 4.89. The van der Waals surface area contributed by atoms with Gasteiger partial charge in [0.05, 0.1) is 0 Å². The van der Waals surface area contributed by atoms with Crippen LogP contribution in [0.3, 0.4) is 0 Å². The van der Waals surface area contributed by atoms with Gasteiger partial charge in [0.2, 0.25) is 5.91 Å². The molecule has 1 saturated heterocycles. The molecule has 2 aromatic rings. The highest BCUT2D eigenvalue weighted by atomic mass is 16.5. The summed E-state index contributed by atoms with van der Waals surface area (Å²) < 4.78 is 10.7. The molecule has 1 aliphatic carbocycles. The number of carboxylic acids is 1. The first-order chi connectivity index (χ1) is 16.9. The van der Waals surface area contributed by atoms with Crippen molar-refractivity contribution in [2.75, 3.05) is 26.9 Å². The van der Waals surface area contributed by atoms with E-state index in [2.05, 4.69) is 17.4 Å². The van der Waals surface area contributed by atoms with Gasteiger partial charge in [0.1, 0.15) is 18.2 Å². The van der Waals surface area contributed by atoms with Crippen molar-refractivity contribution >= 4 is 18.0 Å². The van der Waals surface area contributed by atoms with Crippen molar-refractivity contribution in [3.8, 4) is 11.1 Å². The Balaban J connectivity index is 1.45. The molecule has 2 atom stereocenters. The van der Waals surface area contributed by atoms with Crippen molar-refractivity contribution in [2.24, 2.45) is 0 Å². The number of aliphatic carboxylic acids is 1. The number of methoxy groups -OCH3 is 1. The Hall–Kier alpha value is -3.39. The summed E-state index contributed by atoms with van der Waals surface area (Å²) in [5, 5.41) is 12.4. The van der Waals surface area contributed by atoms with E-state index in [1.165, 1.54) is 4.90 Å². The van der Waals surface area contributed by atoms with Gasteiger partial charge in [-0.25, -0.2) is 9.59 Å². The van der Waals surface area contributed by atoms with Gasteiger partial charge in [0.25, 0.3) is 0 Å². The van der Waals surface area contributed by atoms with Crippen LogP contribution in [0.1, 0.15) is 49.7 Å². The van der Waals surface area contributed by atoms with E-state index in [-0.39, 0.29) is 12.5 Å². The Labute approximate surface area is 205 Å². The number of fused-ring (bicyclic) bond motifs is 3. The topological polar surface area (TPSA) is 105 Å². The molecule has 2 aromatic carbocycles. The second kappa shape index (κ2) is 10.5. The van der Waals surface area contributed by atoms with Crippen LogP contribution in [0.4, 0.5) is 4.79 Å². The zero-order chi connectivity index (χ0) is 25.0. The number of hydrogen-bond donors (Lipinski definition) is 2. The van der Waals surface area contributed by atoms with E-state index < -0.39 is 29.6 Å². The average molecular weight is 481 g/mol. The van der Waals surface area contributed by atoms with E-state index in [1.54, 1.807) is 14.0 Å². The van der Waals surface area contributed by atoms with Crippen molar-refractivity contribution in [1.82, 2.24) is 10.2 Å². The molecule has 1 fully saturated rings. The number of hydrogen-bond acceptors (Lipinski definition) is 5. The molecular formula is C27H32N2O6.